The zero-order chi connectivity index (χ0) is 22.8. The largest absolute Gasteiger partial charge is 0.474 e. The van der Waals surface area contributed by atoms with Gasteiger partial charge in [-0.1, -0.05) is 29.8 Å². The number of rotatable bonds is 5. The molecule has 1 fully saturated rings. The normalized spacial score (nSPS) is 18.4. The lowest BCUT2D eigenvalue weighted by molar-refractivity contribution is -0.0630. The molecule has 4 aromatic rings. The highest BCUT2D eigenvalue weighted by molar-refractivity contribution is 5.98. The molecule has 1 aliphatic heterocycles. The third kappa shape index (κ3) is 4.29. The maximum Gasteiger partial charge on any atom is 0.256 e. The number of amides is 1. The molecule has 8 heteroatoms. The van der Waals surface area contributed by atoms with Crippen molar-refractivity contribution in [3.8, 4) is 11.6 Å². The van der Waals surface area contributed by atoms with Crippen LogP contribution in [0.1, 0.15) is 22.8 Å². The van der Waals surface area contributed by atoms with E-state index in [1.165, 1.54) is 4.80 Å². The lowest BCUT2D eigenvalue weighted by Crippen LogP contribution is -2.52. The fourth-order valence-corrected chi connectivity index (χ4v) is 4.07. The first-order chi connectivity index (χ1) is 16.1. The molecule has 0 saturated carbocycles. The van der Waals surface area contributed by atoms with Gasteiger partial charge in [-0.05, 0) is 43.5 Å². The highest BCUT2D eigenvalue weighted by Crippen LogP contribution is 2.24. The molecule has 0 unspecified atom stereocenters. The van der Waals surface area contributed by atoms with Crippen LogP contribution in [-0.2, 0) is 4.74 Å². The van der Waals surface area contributed by atoms with E-state index in [0.717, 1.165) is 16.3 Å². The highest BCUT2D eigenvalue weighted by atomic mass is 16.5. The Morgan fingerprint density at radius 3 is 2.79 bits per heavy atom. The minimum Gasteiger partial charge on any atom is -0.474 e. The Morgan fingerprint density at radius 1 is 1.12 bits per heavy atom. The first-order valence-electron chi connectivity index (χ1n) is 11.0. The summed E-state index contributed by atoms with van der Waals surface area (Å²) in [6, 6.07) is 15.6. The number of pyridine rings is 1. The number of aryl methyl sites for hydroxylation is 1. The Morgan fingerprint density at radius 2 is 1.94 bits per heavy atom. The third-order valence-corrected chi connectivity index (χ3v) is 5.83. The number of hydrogen-bond acceptors (Lipinski definition) is 6. The van der Waals surface area contributed by atoms with E-state index < -0.39 is 0 Å². The summed E-state index contributed by atoms with van der Waals surface area (Å²) in [5, 5.41) is 10.4. The molecule has 2 aromatic heterocycles. The third-order valence-electron chi connectivity index (χ3n) is 5.83. The summed E-state index contributed by atoms with van der Waals surface area (Å²) in [5.41, 5.74) is 2.22. The molecule has 0 N–H and O–H groups in total. The van der Waals surface area contributed by atoms with E-state index in [4.69, 9.17) is 9.47 Å². The monoisotopic (exact) mass is 443 g/mol. The molecule has 0 spiro atoms. The van der Waals surface area contributed by atoms with E-state index in [9.17, 15) is 4.79 Å². The van der Waals surface area contributed by atoms with Crippen LogP contribution in [0.15, 0.2) is 67.1 Å². The maximum absolute atomic E-state index is 13.6. The van der Waals surface area contributed by atoms with Crippen molar-refractivity contribution in [1.29, 1.82) is 0 Å². The number of nitrogens with zero attached hydrogens (tertiary/aromatic N) is 5. The number of carbonyl (C=O) groups excluding carboxylic acids is 1. The molecule has 0 bridgehead atoms. The van der Waals surface area contributed by atoms with Crippen LogP contribution in [0.5, 0.6) is 5.88 Å². The molecule has 3 heterocycles. The lowest BCUT2D eigenvalue weighted by atomic mass is 10.1. The van der Waals surface area contributed by atoms with Gasteiger partial charge in [0.05, 0.1) is 42.8 Å². The van der Waals surface area contributed by atoms with Crippen molar-refractivity contribution in [3.05, 3.63) is 78.2 Å². The molecule has 2 atom stereocenters. The average Bonchev–Trinajstić information content (AvgIpc) is 3.38. The number of ether oxygens (including phenoxy) is 2. The SMILES string of the molecule is Cc1ccc(-n2nccn2)c(C(=O)N2C[C@@H](COc3nccc4ccccc34)OC[C@H]2C)c1. The smallest absolute Gasteiger partial charge is 0.256 e. The molecule has 0 radical (unpaired) electrons. The summed E-state index contributed by atoms with van der Waals surface area (Å²) < 4.78 is 12.0. The summed E-state index contributed by atoms with van der Waals surface area (Å²) in [5.74, 6) is 0.494. The van der Waals surface area contributed by atoms with E-state index in [-0.39, 0.29) is 18.1 Å². The fraction of sp³-hybridized carbons (Fsp3) is 0.280. The van der Waals surface area contributed by atoms with Crippen LogP contribution in [0, 0.1) is 6.92 Å². The average molecular weight is 444 g/mol. The summed E-state index contributed by atoms with van der Waals surface area (Å²) in [6.07, 6.45) is 4.67. The molecule has 2 aromatic carbocycles. The number of morpholine rings is 1. The van der Waals surface area contributed by atoms with Crippen molar-refractivity contribution in [2.75, 3.05) is 19.8 Å². The van der Waals surface area contributed by atoms with Gasteiger partial charge in [0.25, 0.3) is 5.91 Å². The van der Waals surface area contributed by atoms with Crippen LogP contribution in [0.25, 0.3) is 16.5 Å². The van der Waals surface area contributed by atoms with E-state index >= 15 is 0 Å². The standard InChI is InChI=1S/C25H25N5O3/c1-17-7-8-23(30-27-11-12-28-30)22(13-17)25(31)29-14-20(32-15-18(29)2)16-33-24-21-6-4-3-5-19(21)9-10-26-24/h3-13,18,20H,14-16H2,1-2H3/t18-,20+/m1/s1. The molecule has 1 amide bonds. The fourth-order valence-electron chi connectivity index (χ4n) is 4.07. The minimum absolute atomic E-state index is 0.0663. The Bertz CT molecular complexity index is 1270. The predicted octanol–water partition coefficient (Wildman–Crippen LogP) is 3.43. The van der Waals surface area contributed by atoms with Gasteiger partial charge in [-0.15, -0.1) is 0 Å². The molecule has 8 nitrogen and oxygen atoms in total. The molecule has 168 valence electrons. The topological polar surface area (TPSA) is 82.4 Å². The minimum atomic E-state index is -0.262. The summed E-state index contributed by atoms with van der Waals surface area (Å²) in [7, 11) is 0. The van der Waals surface area contributed by atoms with Crippen LogP contribution in [0.4, 0.5) is 0 Å². The summed E-state index contributed by atoms with van der Waals surface area (Å²) in [4.78, 5) is 21.3. The second-order valence-electron chi connectivity index (χ2n) is 8.25. The molecule has 1 saturated heterocycles. The van der Waals surface area contributed by atoms with Crippen LogP contribution in [0.3, 0.4) is 0 Å². The Kier molecular flexibility index (Phi) is 5.75. The van der Waals surface area contributed by atoms with E-state index in [1.54, 1.807) is 18.6 Å². The van der Waals surface area contributed by atoms with Crippen LogP contribution in [-0.4, -0.2) is 62.7 Å². The van der Waals surface area contributed by atoms with Gasteiger partial charge in [0.2, 0.25) is 5.88 Å². The molecule has 33 heavy (non-hydrogen) atoms. The lowest BCUT2D eigenvalue weighted by Gasteiger charge is -2.38. The quantitative estimate of drug-likeness (QED) is 0.470. The zero-order valence-electron chi connectivity index (χ0n) is 18.6. The Balaban J connectivity index is 1.34. The van der Waals surface area contributed by atoms with Crippen molar-refractivity contribution in [2.24, 2.45) is 0 Å². The van der Waals surface area contributed by atoms with E-state index in [1.807, 2.05) is 67.3 Å². The first kappa shape index (κ1) is 21.1. The number of carbonyl (C=O) groups is 1. The second-order valence-corrected chi connectivity index (χ2v) is 8.25. The van der Waals surface area contributed by atoms with Gasteiger partial charge in [-0.2, -0.15) is 15.0 Å². The van der Waals surface area contributed by atoms with Crippen molar-refractivity contribution < 1.29 is 14.3 Å². The van der Waals surface area contributed by atoms with Crippen molar-refractivity contribution in [2.45, 2.75) is 26.0 Å². The Hall–Kier alpha value is -3.78. The Labute approximate surface area is 191 Å². The van der Waals surface area contributed by atoms with Gasteiger partial charge < -0.3 is 14.4 Å². The first-order valence-corrected chi connectivity index (χ1v) is 11.0. The number of aromatic nitrogens is 4. The molecular formula is C25H25N5O3. The van der Waals surface area contributed by atoms with Crippen LogP contribution >= 0.6 is 0 Å². The highest BCUT2D eigenvalue weighted by Gasteiger charge is 2.32. The zero-order valence-corrected chi connectivity index (χ0v) is 18.6. The van der Waals surface area contributed by atoms with Gasteiger partial charge >= 0.3 is 0 Å². The molecule has 0 aliphatic carbocycles. The summed E-state index contributed by atoms with van der Waals surface area (Å²) in [6.45, 7) is 5.12. The number of fused-ring (bicyclic) bond motifs is 1. The van der Waals surface area contributed by atoms with E-state index in [0.29, 0.717) is 36.9 Å². The number of benzene rings is 2. The van der Waals surface area contributed by atoms with Crippen molar-refractivity contribution in [1.82, 2.24) is 24.9 Å². The van der Waals surface area contributed by atoms with Crippen molar-refractivity contribution in [3.63, 3.8) is 0 Å². The summed E-state index contributed by atoms with van der Waals surface area (Å²) >= 11 is 0. The van der Waals surface area contributed by atoms with Gasteiger partial charge in [0.15, 0.2) is 0 Å². The maximum atomic E-state index is 13.6. The molecule has 1 aliphatic rings. The number of hydrogen-bond donors (Lipinski definition) is 0. The van der Waals surface area contributed by atoms with Gasteiger partial charge in [0, 0.05) is 11.6 Å². The molecular weight excluding hydrogens is 418 g/mol. The van der Waals surface area contributed by atoms with Crippen molar-refractivity contribution >= 4 is 16.7 Å². The second kappa shape index (κ2) is 8.99. The van der Waals surface area contributed by atoms with Crippen LogP contribution < -0.4 is 4.74 Å². The predicted molar refractivity (Wildman–Crippen MR) is 124 cm³/mol. The van der Waals surface area contributed by atoms with Gasteiger partial charge in [0.1, 0.15) is 12.7 Å². The van der Waals surface area contributed by atoms with Crippen LogP contribution in [0.2, 0.25) is 0 Å². The van der Waals surface area contributed by atoms with Gasteiger partial charge in [-0.25, -0.2) is 4.98 Å². The van der Waals surface area contributed by atoms with Gasteiger partial charge in [-0.3, -0.25) is 4.79 Å². The van der Waals surface area contributed by atoms with E-state index in [2.05, 4.69) is 15.2 Å². The molecule has 5 rings (SSSR count).